The van der Waals surface area contributed by atoms with E-state index in [9.17, 15) is 9.59 Å². The minimum atomic E-state index is -0.619. The second-order valence-electron chi connectivity index (χ2n) is 10.6. The van der Waals surface area contributed by atoms with Gasteiger partial charge in [0.2, 0.25) is 0 Å². The van der Waals surface area contributed by atoms with Gasteiger partial charge in [-0.3, -0.25) is 9.69 Å². The van der Waals surface area contributed by atoms with Crippen LogP contribution in [0.2, 0.25) is 0 Å². The van der Waals surface area contributed by atoms with Crippen LogP contribution >= 0.6 is 0 Å². The summed E-state index contributed by atoms with van der Waals surface area (Å²) in [6.45, 7) is 7.19. The monoisotopic (exact) mass is 505 g/mol. The van der Waals surface area contributed by atoms with E-state index < -0.39 is 5.91 Å². The number of amides is 3. The third-order valence-electron chi connectivity index (χ3n) is 8.19. The normalized spacial score (nSPS) is 22.7. The van der Waals surface area contributed by atoms with Gasteiger partial charge in [-0.1, -0.05) is 6.07 Å². The molecule has 0 spiro atoms. The fourth-order valence-electron chi connectivity index (χ4n) is 5.86. The minimum absolute atomic E-state index is 0.0873. The van der Waals surface area contributed by atoms with Gasteiger partial charge in [0.15, 0.2) is 11.5 Å². The smallest absolute Gasteiger partial charge is 0.320 e. The lowest BCUT2D eigenvalue weighted by Crippen LogP contribution is -2.57. The van der Waals surface area contributed by atoms with Crippen LogP contribution in [0.3, 0.4) is 0 Å². The number of carbonyl (C=O) groups is 2. The van der Waals surface area contributed by atoms with Crippen LogP contribution in [0.5, 0.6) is 0 Å². The van der Waals surface area contributed by atoms with E-state index in [-0.39, 0.29) is 17.8 Å². The van der Waals surface area contributed by atoms with Crippen LogP contribution in [0.15, 0.2) is 24.4 Å². The summed E-state index contributed by atoms with van der Waals surface area (Å²) < 4.78 is 0. The van der Waals surface area contributed by atoms with Crippen LogP contribution in [0, 0.1) is 0 Å². The first-order valence-corrected chi connectivity index (χ1v) is 13.2. The number of nitrogens with one attached hydrogen (secondary N) is 2. The number of aromatic nitrogens is 2. The van der Waals surface area contributed by atoms with Gasteiger partial charge in [0, 0.05) is 71.1 Å². The average Bonchev–Trinajstić information content (AvgIpc) is 3.21. The van der Waals surface area contributed by atoms with Crippen LogP contribution in [-0.4, -0.2) is 102 Å². The van der Waals surface area contributed by atoms with Crippen molar-refractivity contribution in [1.82, 2.24) is 30.0 Å². The summed E-state index contributed by atoms with van der Waals surface area (Å²) in [5.74, 6) is 0.424. The molecule has 2 aromatic rings. The molecule has 6 rings (SSSR count). The van der Waals surface area contributed by atoms with Crippen LogP contribution in [-0.2, 0) is 13.0 Å². The molecular weight excluding hydrogens is 470 g/mol. The first-order valence-electron chi connectivity index (χ1n) is 13.2. The maximum atomic E-state index is 12.5. The van der Waals surface area contributed by atoms with Crippen molar-refractivity contribution in [2.75, 3.05) is 63.1 Å². The summed E-state index contributed by atoms with van der Waals surface area (Å²) >= 11 is 0. The van der Waals surface area contributed by atoms with E-state index in [0.29, 0.717) is 24.2 Å². The number of primary amides is 1. The predicted molar refractivity (Wildman–Crippen MR) is 141 cm³/mol. The Bertz CT molecular complexity index is 1200. The van der Waals surface area contributed by atoms with Crippen LogP contribution in [0.25, 0.3) is 0 Å². The number of nitrogens with two attached hydrogens (primary N) is 1. The van der Waals surface area contributed by atoms with Gasteiger partial charge in [0.25, 0.3) is 5.91 Å². The summed E-state index contributed by atoms with van der Waals surface area (Å²) in [5, 5.41) is 6.68. The van der Waals surface area contributed by atoms with Gasteiger partial charge in [-0.05, 0) is 42.5 Å². The van der Waals surface area contributed by atoms with Crippen molar-refractivity contribution >= 4 is 29.3 Å². The highest BCUT2D eigenvalue weighted by Gasteiger charge is 2.35. The number of carbonyl (C=O) groups excluding carboxylic acids is 2. The van der Waals surface area contributed by atoms with E-state index in [0.717, 1.165) is 70.8 Å². The highest BCUT2D eigenvalue weighted by Crippen LogP contribution is 2.29. The van der Waals surface area contributed by atoms with E-state index >= 15 is 0 Å². The molecule has 1 unspecified atom stereocenters. The summed E-state index contributed by atoms with van der Waals surface area (Å²) in [4.78, 5) is 42.3. The summed E-state index contributed by atoms with van der Waals surface area (Å²) in [6, 6.07) is 7.21. The Balaban J connectivity index is 1.20. The first kappa shape index (κ1) is 23.9. The molecular formula is C26H35N9O2. The zero-order valence-electron chi connectivity index (χ0n) is 21.3. The van der Waals surface area contributed by atoms with Gasteiger partial charge in [-0.25, -0.2) is 14.8 Å². The molecule has 196 valence electrons. The summed E-state index contributed by atoms with van der Waals surface area (Å²) in [5.41, 5.74) is 9.30. The van der Waals surface area contributed by atoms with E-state index in [2.05, 4.69) is 37.6 Å². The molecule has 0 bridgehead atoms. The van der Waals surface area contributed by atoms with Crippen LogP contribution in [0.1, 0.15) is 34.5 Å². The molecule has 11 nitrogen and oxygen atoms in total. The van der Waals surface area contributed by atoms with Crippen LogP contribution < -0.4 is 21.3 Å². The summed E-state index contributed by atoms with van der Waals surface area (Å²) in [7, 11) is 1.84. The quantitative estimate of drug-likeness (QED) is 0.531. The van der Waals surface area contributed by atoms with Crippen molar-refractivity contribution in [1.29, 1.82) is 0 Å². The molecule has 4 N–H and O–H groups in total. The Morgan fingerprint density at radius 3 is 2.73 bits per heavy atom. The third kappa shape index (κ3) is 4.69. The molecule has 1 aromatic carbocycles. The maximum Gasteiger partial charge on any atom is 0.320 e. The van der Waals surface area contributed by atoms with Crippen molar-refractivity contribution in [3.63, 3.8) is 0 Å². The molecule has 4 aliphatic heterocycles. The van der Waals surface area contributed by atoms with Gasteiger partial charge in [0.05, 0.1) is 12.2 Å². The average molecular weight is 506 g/mol. The van der Waals surface area contributed by atoms with Crippen molar-refractivity contribution in [3.05, 3.63) is 41.2 Å². The van der Waals surface area contributed by atoms with Gasteiger partial charge >= 0.3 is 6.03 Å². The van der Waals surface area contributed by atoms with E-state index in [1.54, 1.807) is 11.1 Å². The number of hydrogen-bond donors (Lipinski definition) is 3. The topological polar surface area (TPSA) is 123 Å². The molecule has 0 saturated carbocycles. The second kappa shape index (κ2) is 9.79. The molecule has 3 fully saturated rings. The number of piperidine rings is 1. The SMILES string of the molecule is CN1CCN(C2CCCN(c3cnc(C(N)=O)c(Nc4ccc5c(c4)CCN(C4CNC4)C5)n3)C2)C1=O. The molecule has 11 heteroatoms. The fourth-order valence-corrected chi connectivity index (χ4v) is 5.86. The van der Waals surface area contributed by atoms with Crippen LogP contribution in [0.4, 0.5) is 22.1 Å². The lowest BCUT2D eigenvalue weighted by molar-refractivity contribution is 0.0996. The van der Waals surface area contributed by atoms with E-state index in [4.69, 9.17) is 10.7 Å². The highest BCUT2D eigenvalue weighted by atomic mass is 16.2. The van der Waals surface area contributed by atoms with E-state index in [1.807, 2.05) is 18.0 Å². The third-order valence-corrected chi connectivity index (χ3v) is 8.19. The largest absolute Gasteiger partial charge is 0.364 e. The molecule has 1 atom stereocenters. The molecule has 0 aliphatic carbocycles. The second-order valence-corrected chi connectivity index (χ2v) is 10.6. The molecule has 3 amide bonds. The number of hydrogen-bond acceptors (Lipinski definition) is 8. The van der Waals surface area contributed by atoms with Crippen molar-refractivity contribution in [3.8, 4) is 0 Å². The molecule has 3 saturated heterocycles. The number of rotatable bonds is 6. The maximum absolute atomic E-state index is 12.5. The lowest BCUT2D eigenvalue weighted by Gasteiger charge is -2.41. The molecule has 1 aromatic heterocycles. The van der Waals surface area contributed by atoms with E-state index in [1.165, 1.54) is 11.1 Å². The number of fused-ring (bicyclic) bond motifs is 1. The van der Waals surface area contributed by atoms with Gasteiger partial charge in [-0.15, -0.1) is 0 Å². The Labute approximate surface area is 217 Å². The van der Waals surface area contributed by atoms with Gasteiger partial charge in [0.1, 0.15) is 5.82 Å². The Kier molecular flexibility index (Phi) is 6.33. The Hall–Kier alpha value is -3.44. The Morgan fingerprint density at radius 1 is 1.14 bits per heavy atom. The number of urea groups is 1. The molecule has 4 aliphatic rings. The van der Waals surface area contributed by atoms with Crippen molar-refractivity contribution < 1.29 is 9.59 Å². The predicted octanol–water partition coefficient (Wildman–Crippen LogP) is 0.985. The molecule has 0 radical (unpaired) electrons. The molecule has 37 heavy (non-hydrogen) atoms. The number of nitrogens with zero attached hydrogens (tertiary/aromatic N) is 6. The summed E-state index contributed by atoms with van der Waals surface area (Å²) in [6.07, 6.45) is 4.54. The first-order chi connectivity index (χ1) is 18.0. The fraction of sp³-hybridized carbons (Fsp3) is 0.538. The zero-order chi connectivity index (χ0) is 25.5. The minimum Gasteiger partial charge on any atom is -0.364 e. The van der Waals surface area contributed by atoms with Crippen molar-refractivity contribution in [2.45, 2.75) is 37.9 Å². The van der Waals surface area contributed by atoms with Crippen molar-refractivity contribution in [2.24, 2.45) is 5.73 Å². The standard InChI is InChI=1S/C26H35N9O2/c1-32-9-10-35(26(32)37)20-3-2-7-34(16-20)22-14-29-23(24(27)36)25(31-22)30-19-5-4-18-15-33(21-12-28-13-21)8-6-17(18)11-19/h4-5,11,14,20-21,28H,2-3,6-10,12-13,15-16H2,1H3,(H2,27,36)(H,30,31). The van der Waals surface area contributed by atoms with Gasteiger partial charge in [-0.2, -0.15) is 0 Å². The zero-order valence-corrected chi connectivity index (χ0v) is 21.3. The van der Waals surface area contributed by atoms with Gasteiger partial charge < -0.3 is 31.1 Å². The lowest BCUT2D eigenvalue weighted by atomic mass is 9.96. The number of anilines is 3. The highest BCUT2D eigenvalue weighted by molar-refractivity contribution is 5.96. The number of benzene rings is 1. The number of likely N-dealkylation sites (N-methyl/N-ethyl adjacent to an activating group) is 1. The Morgan fingerprint density at radius 2 is 2.00 bits per heavy atom. The molecule has 5 heterocycles.